The van der Waals surface area contributed by atoms with Gasteiger partial charge in [0, 0.05) is 18.0 Å². The maximum atomic E-state index is 12.9. The molecule has 0 fully saturated rings. The number of imidazole rings is 1. The zero-order valence-corrected chi connectivity index (χ0v) is 14.2. The van der Waals surface area contributed by atoms with Gasteiger partial charge in [0.05, 0.1) is 12.8 Å². The summed E-state index contributed by atoms with van der Waals surface area (Å²) in [4.78, 5) is 17.5. The Balaban J connectivity index is 2.01. The molecule has 2 aromatic heterocycles. The van der Waals surface area contributed by atoms with E-state index in [1.165, 1.54) is 0 Å². The molecule has 1 amide bonds. The molecule has 0 unspecified atom stereocenters. The minimum atomic E-state index is -0.162. The van der Waals surface area contributed by atoms with E-state index in [9.17, 15) is 4.79 Å². The quantitative estimate of drug-likeness (QED) is 0.776. The van der Waals surface area contributed by atoms with Crippen LogP contribution in [-0.4, -0.2) is 22.4 Å². The summed E-state index contributed by atoms with van der Waals surface area (Å²) in [5.41, 5.74) is 3.99. The molecule has 0 saturated carbocycles. The number of rotatable bonds is 5. The molecule has 0 radical (unpaired) electrons. The first-order valence-electron chi connectivity index (χ1n) is 8.05. The van der Waals surface area contributed by atoms with Gasteiger partial charge in [0.15, 0.2) is 0 Å². The van der Waals surface area contributed by atoms with Gasteiger partial charge in [-0.1, -0.05) is 25.5 Å². The molecular weight excluding hydrogens is 302 g/mol. The molecule has 3 aromatic rings. The summed E-state index contributed by atoms with van der Waals surface area (Å²) in [6, 6.07) is 11.3. The molecule has 0 saturated heterocycles. The Morgan fingerprint density at radius 2 is 2.12 bits per heavy atom. The number of nitrogens with one attached hydrogen (secondary N) is 1. The van der Waals surface area contributed by atoms with Crippen molar-refractivity contribution in [2.24, 2.45) is 0 Å². The molecule has 124 valence electrons. The number of anilines is 1. The van der Waals surface area contributed by atoms with E-state index < -0.39 is 0 Å². The number of hydrogen-bond acceptors (Lipinski definition) is 3. The first-order valence-corrected chi connectivity index (χ1v) is 8.05. The molecule has 2 heterocycles. The highest BCUT2D eigenvalue weighted by Crippen LogP contribution is 2.20. The lowest BCUT2D eigenvalue weighted by atomic mass is 10.2. The molecular formula is C19H21N3O2. The van der Waals surface area contributed by atoms with Gasteiger partial charge in [-0.3, -0.25) is 9.20 Å². The third-order valence-corrected chi connectivity index (χ3v) is 3.87. The number of aryl methyl sites for hydroxylation is 2. The molecule has 24 heavy (non-hydrogen) atoms. The molecule has 0 aliphatic heterocycles. The molecule has 1 aromatic carbocycles. The van der Waals surface area contributed by atoms with Crippen LogP contribution in [0.5, 0.6) is 5.75 Å². The molecule has 0 aliphatic carbocycles. The van der Waals surface area contributed by atoms with Crippen LogP contribution in [0.2, 0.25) is 0 Å². The summed E-state index contributed by atoms with van der Waals surface area (Å²) in [5.74, 6) is 0.542. The fourth-order valence-electron chi connectivity index (χ4n) is 2.74. The highest BCUT2D eigenvalue weighted by Gasteiger charge is 2.19. The second-order valence-electron chi connectivity index (χ2n) is 5.78. The summed E-state index contributed by atoms with van der Waals surface area (Å²) in [6.07, 6.45) is 3.64. The highest BCUT2D eigenvalue weighted by atomic mass is 16.5. The zero-order valence-electron chi connectivity index (χ0n) is 14.2. The number of carbonyl (C=O) groups excluding carboxylic acids is 1. The van der Waals surface area contributed by atoms with Crippen molar-refractivity contribution in [2.45, 2.75) is 26.7 Å². The number of aromatic nitrogens is 2. The van der Waals surface area contributed by atoms with Crippen LogP contribution in [0, 0.1) is 6.92 Å². The van der Waals surface area contributed by atoms with E-state index in [0.717, 1.165) is 29.7 Å². The number of nitrogens with zero attached hydrogens (tertiary/aromatic N) is 2. The number of benzene rings is 1. The van der Waals surface area contributed by atoms with Crippen LogP contribution in [0.25, 0.3) is 5.65 Å². The monoisotopic (exact) mass is 323 g/mol. The first-order chi connectivity index (χ1) is 11.6. The molecule has 0 aliphatic rings. The average molecular weight is 323 g/mol. The van der Waals surface area contributed by atoms with Crippen molar-refractivity contribution < 1.29 is 9.53 Å². The Kier molecular flexibility index (Phi) is 4.51. The number of ether oxygens (including phenoxy) is 1. The standard InChI is InChI=1S/C19H21N3O2/c1-4-6-16-18(22-12-13(2)9-10-17(22)21-16)19(23)20-14-7-5-8-15(11-14)24-3/h5,7-12H,4,6H2,1-3H3,(H,20,23). The van der Waals surface area contributed by atoms with E-state index >= 15 is 0 Å². The van der Waals surface area contributed by atoms with Gasteiger partial charge in [0.1, 0.15) is 17.1 Å². The van der Waals surface area contributed by atoms with Crippen LogP contribution >= 0.6 is 0 Å². The second-order valence-corrected chi connectivity index (χ2v) is 5.78. The van der Waals surface area contributed by atoms with Gasteiger partial charge < -0.3 is 10.1 Å². The Labute approximate surface area is 141 Å². The maximum Gasteiger partial charge on any atom is 0.274 e. The van der Waals surface area contributed by atoms with Gasteiger partial charge in [-0.25, -0.2) is 4.98 Å². The van der Waals surface area contributed by atoms with E-state index in [2.05, 4.69) is 17.2 Å². The predicted molar refractivity (Wildman–Crippen MR) is 94.9 cm³/mol. The number of hydrogen-bond donors (Lipinski definition) is 1. The number of amides is 1. The Hall–Kier alpha value is -2.82. The van der Waals surface area contributed by atoms with Gasteiger partial charge >= 0.3 is 0 Å². The van der Waals surface area contributed by atoms with Crippen molar-refractivity contribution in [2.75, 3.05) is 12.4 Å². The Morgan fingerprint density at radius 3 is 2.88 bits per heavy atom. The van der Waals surface area contributed by atoms with Crippen molar-refractivity contribution in [3.63, 3.8) is 0 Å². The van der Waals surface area contributed by atoms with Crippen molar-refractivity contribution in [1.82, 2.24) is 9.38 Å². The Bertz CT molecular complexity index is 883. The third kappa shape index (κ3) is 3.11. The number of fused-ring (bicyclic) bond motifs is 1. The number of carbonyl (C=O) groups is 1. The summed E-state index contributed by atoms with van der Waals surface area (Å²) in [5, 5.41) is 2.95. The van der Waals surface area contributed by atoms with Crippen molar-refractivity contribution in [3.05, 3.63) is 59.5 Å². The van der Waals surface area contributed by atoms with Crippen molar-refractivity contribution in [3.8, 4) is 5.75 Å². The van der Waals surface area contributed by atoms with Gasteiger partial charge in [0.2, 0.25) is 0 Å². The molecule has 0 spiro atoms. The van der Waals surface area contributed by atoms with Crippen LogP contribution in [-0.2, 0) is 6.42 Å². The summed E-state index contributed by atoms with van der Waals surface area (Å²) < 4.78 is 7.08. The molecule has 5 nitrogen and oxygen atoms in total. The largest absolute Gasteiger partial charge is 0.497 e. The van der Waals surface area contributed by atoms with E-state index in [-0.39, 0.29) is 5.91 Å². The van der Waals surface area contributed by atoms with Crippen molar-refractivity contribution in [1.29, 1.82) is 0 Å². The summed E-state index contributed by atoms with van der Waals surface area (Å²) in [6.45, 7) is 4.09. The van der Waals surface area contributed by atoms with Crippen molar-refractivity contribution >= 4 is 17.2 Å². The minimum absolute atomic E-state index is 0.162. The molecule has 0 atom stereocenters. The SMILES string of the molecule is CCCc1nc2ccc(C)cn2c1C(=O)Nc1cccc(OC)c1. The van der Waals surface area contributed by atoms with Gasteiger partial charge in [0.25, 0.3) is 5.91 Å². The molecule has 5 heteroatoms. The topological polar surface area (TPSA) is 55.6 Å². The fourth-order valence-corrected chi connectivity index (χ4v) is 2.74. The number of pyridine rings is 1. The summed E-state index contributed by atoms with van der Waals surface area (Å²) in [7, 11) is 1.60. The zero-order chi connectivity index (χ0) is 17.1. The van der Waals surface area contributed by atoms with Gasteiger partial charge in [-0.2, -0.15) is 0 Å². The van der Waals surface area contributed by atoms with Crippen LogP contribution in [0.1, 0.15) is 35.1 Å². The Morgan fingerprint density at radius 1 is 1.29 bits per heavy atom. The van der Waals surface area contributed by atoms with E-state index in [1.807, 2.05) is 47.9 Å². The lowest BCUT2D eigenvalue weighted by Crippen LogP contribution is -2.16. The molecule has 0 bridgehead atoms. The van der Waals surface area contributed by atoms with Crippen LogP contribution < -0.4 is 10.1 Å². The van der Waals surface area contributed by atoms with E-state index in [0.29, 0.717) is 17.1 Å². The van der Waals surface area contributed by atoms with Gasteiger partial charge in [-0.15, -0.1) is 0 Å². The molecule has 1 N–H and O–H groups in total. The predicted octanol–water partition coefficient (Wildman–Crippen LogP) is 3.86. The van der Waals surface area contributed by atoms with Gasteiger partial charge in [-0.05, 0) is 37.1 Å². The maximum absolute atomic E-state index is 12.9. The second kappa shape index (κ2) is 6.74. The molecule has 3 rings (SSSR count). The van der Waals surface area contributed by atoms with Crippen LogP contribution in [0.3, 0.4) is 0 Å². The summed E-state index contributed by atoms with van der Waals surface area (Å²) >= 11 is 0. The smallest absolute Gasteiger partial charge is 0.274 e. The first kappa shape index (κ1) is 16.1. The lowest BCUT2D eigenvalue weighted by molar-refractivity contribution is 0.102. The average Bonchev–Trinajstić information content (AvgIpc) is 2.92. The fraction of sp³-hybridized carbons (Fsp3) is 0.263. The highest BCUT2D eigenvalue weighted by molar-refractivity contribution is 6.04. The number of methoxy groups -OCH3 is 1. The van der Waals surface area contributed by atoms with E-state index in [1.54, 1.807) is 13.2 Å². The third-order valence-electron chi connectivity index (χ3n) is 3.87. The van der Waals surface area contributed by atoms with E-state index in [4.69, 9.17) is 4.74 Å². The van der Waals surface area contributed by atoms with Crippen LogP contribution in [0.15, 0.2) is 42.6 Å². The normalized spacial score (nSPS) is 10.8. The van der Waals surface area contributed by atoms with Crippen LogP contribution in [0.4, 0.5) is 5.69 Å². The lowest BCUT2D eigenvalue weighted by Gasteiger charge is -2.08. The minimum Gasteiger partial charge on any atom is -0.497 e.